The molecule has 0 atom stereocenters. The molecule has 0 saturated heterocycles. The normalized spacial score (nSPS) is 10.8. The molecule has 1 rings (SSSR count). The van der Waals surface area contributed by atoms with E-state index in [4.69, 9.17) is 5.11 Å². The largest absolute Gasteiger partial charge is 0.395 e. The molecule has 1 amide bonds. The van der Waals surface area contributed by atoms with Gasteiger partial charge in [-0.1, -0.05) is 0 Å². The average molecular weight is 257 g/mol. The van der Waals surface area contributed by atoms with E-state index >= 15 is 0 Å². The first-order valence-corrected chi connectivity index (χ1v) is 5.76. The molecule has 0 heterocycles. The Morgan fingerprint density at radius 2 is 1.94 bits per heavy atom. The third kappa shape index (κ3) is 3.04. The Bertz CT molecular complexity index is 447. The quantitative estimate of drug-likeness (QED) is 0.897. The molecule has 0 unspecified atom stereocenters. The molecule has 18 heavy (non-hydrogen) atoms. The summed E-state index contributed by atoms with van der Waals surface area (Å²) in [5.74, 6) is -2.10. The van der Waals surface area contributed by atoms with Crippen molar-refractivity contribution < 1.29 is 18.7 Å². The van der Waals surface area contributed by atoms with Gasteiger partial charge in [0.15, 0.2) is 0 Å². The Hall–Kier alpha value is -1.49. The molecule has 0 aliphatic heterocycles. The zero-order valence-corrected chi connectivity index (χ0v) is 10.7. The van der Waals surface area contributed by atoms with Gasteiger partial charge < -0.3 is 10.0 Å². The van der Waals surface area contributed by atoms with Crippen molar-refractivity contribution in [1.82, 2.24) is 4.90 Å². The van der Waals surface area contributed by atoms with Crippen molar-refractivity contribution in [3.63, 3.8) is 0 Å². The van der Waals surface area contributed by atoms with Crippen molar-refractivity contribution in [2.75, 3.05) is 13.2 Å². The van der Waals surface area contributed by atoms with E-state index in [1.54, 1.807) is 13.8 Å². The number of halogens is 2. The molecule has 0 saturated carbocycles. The minimum Gasteiger partial charge on any atom is -0.395 e. The molecule has 0 aromatic heterocycles. The lowest BCUT2D eigenvalue weighted by molar-refractivity contribution is 0.0660. The van der Waals surface area contributed by atoms with Crippen LogP contribution in [0.3, 0.4) is 0 Å². The van der Waals surface area contributed by atoms with Crippen LogP contribution in [-0.4, -0.2) is 35.1 Å². The molecule has 1 aromatic rings. The molecule has 0 bridgehead atoms. The van der Waals surface area contributed by atoms with Crippen LogP contribution < -0.4 is 0 Å². The molecule has 100 valence electrons. The molecule has 0 aliphatic rings. The van der Waals surface area contributed by atoms with E-state index < -0.39 is 17.5 Å². The highest BCUT2D eigenvalue weighted by Crippen LogP contribution is 2.17. The van der Waals surface area contributed by atoms with E-state index in [-0.39, 0.29) is 30.3 Å². The maximum atomic E-state index is 13.6. The first-order chi connectivity index (χ1) is 8.38. The second kappa shape index (κ2) is 5.91. The van der Waals surface area contributed by atoms with Gasteiger partial charge in [0.2, 0.25) is 0 Å². The van der Waals surface area contributed by atoms with E-state index in [2.05, 4.69) is 0 Å². The summed E-state index contributed by atoms with van der Waals surface area (Å²) in [7, 11) is 0. The highest BCUT2D eigenvalue weighted by atomic mass is 19.1. The Morgan fingerprint density at radius 3 is 2.44 bits per heavy atom. The van der Waals surface area contributed by atoms with Crippen LogP contribution in [0.2, 0.25) is 0 Å². The lowest BCUT2D eigenvalue weighted by atomic mass is 10.1. The van der Waals surface area contributed by atoms with Crippen LogP contribution in [0.25, 0.3) is 0 Å². The summed E-state index contributed by atoms with van der Waals surface area (Å²) < 4.78 is 26.7. The summed E-state index contributed by atoms with van der Waals surface area (Å²) >= 11 is 0. The molecular weight excluding hydrogens is 240 g/mol. The summed E-state index contributed by atoms with van der Waals surface area (Å²) in [6.07, 6.45) is 0. The Balaban J connectivity index is 3.12. The molecule has 0 radical (unpaired) electrons. The van der Waals surface area contributed by atoms with Gasteiger partial charge in [-0.3, -0.25) is 4.79 Å². The molecule has 0 aliphatic carbocycles. The van der Waals surface area contributed by atoms with E-state index in [9.17, 15) is 13.6 Å². The summed E-state index contributed by atoms with van der Waals surface area (Å²) in [6.45, 7) is 4.92. The van der Waals surface area contributed by atoms with Crippen molar-refractivity contribution in [2.45, 2.75) is 26.8 Å². The van der Waals surface area contributed by atoms with Gasteiger partial charge in [0.1, 0.15) is 11.6 Å². The Morgan fingerprint density at radius 1 is 1.33 bits per heavy atom. The van der Waals surface area contributed by atoms with Crippen molar-refractivity contribution in [3.05, 3.63) is 34.9 Å². The summed E-state index contributed by atoms with van der Waals surface area (Å²) in [5.41, 5.74) is 0.0449. The number of benzene rings is 1. The maximum Gasteiger partial charge on any atom is 0.257 e. The van der Waals surface area contributed by atoms with Gasteiger partial charge in [0.25, 0.3) is 5.91 Å². The third-order valence-electron chi connectivity index (χ3n) is 2.70. The number of amides is 1. The molecule has 1 N–H and O–H groups in total. The van der Waals surface area contributed by atoms with Gasteiger partial charge in [-0.2, -0.15) is 0 Å². The van der Waals surface area contributed by atoms with Gasteiger partial charge in [-0.05, 0) is 32.4 Å². The number of aryl methyl sites for hydroxylation is 1. The molecule has 5 heteroatoms. The van der Waals surface area contributed by atoms with Crippen molar-refractivity contribution in [2.24, 2.45) is 0 Å². The van der Waals surface area contributed by atoms with Crippen molar-refractivity contribution >= 4 is 5.91 Å². The van der Waals surface area contributed by atoms with E-state index in [0.717, 1.165) is 0 Å². The molecule has 0 fully saturated rings. The van der Waals surface area contributed by atoms with Crippen LogP contribution in [0.4, 0.5) is 8.78 Å². The van der Waals surface area contributed by atoms with Crippen molar-refractivity contribution in [1.29, 1.82) is 0 Å². The first kappa shape index (κ1) is 14.6. The highest BCUT2D eigenvalue weighted by Gasteiger charge is 2.22. The standard InChI is InChI=1S/C13H17F2NO2/c1-8(2)16(4-5-17)13(18)10-6-9(3)11(14)7-12(10)15/h6-8,17H,4-5H2,1-3H3. The Labute approximate surface area is 105 Å². The van der Waals surface area contributed by atoms with Gasteiger partial charge >= 0.3 is 0 Å². The van der Waals surface area contributed by atoms with Gasteiger partial charge in [-0.15, -0.1) is 0 Å². The fourth-order valence-corrected chi connectivity index (χ4v) is 1.68. The number of hydrogen-bond acceptors (Lipinski definition) is 2. The third-order valence-corrected chi connectivity index (χ3v) is 2.70. The van der Waals surface area contributed by atoms with Gasteiger partial charge in [-0.25, -0.2) is 8.78 Å². The Kier molecular flexibility index (Phi) is 4.78. The van der Waals surface area contributed by atoms with Crippen LogP contribution >= 0.6 is 0 Å². The van der Waals surface area contributed by atoms with Crippen LogP contribution in [0.15, 0.2) is 12.1 Å². The van der Waals surface area contributed by atoms with E-state index in [1.165, 1.54) is 17.9 Å². The summed E-state index contributed by atoms with van der Waals surface area (Å²) in [5, 5.41) is 8.90. The van der Waals surface area contributed by atoms with Crippen LogP contribution in [0.5, 0.6) is 0 Å². The fourth-order valence-electron chi connectivity index (χ4n) is 1.68. The number of aliphatic hydroxyl groups is 1. The van der Waals surface area contributed by atoms with Gasteiger partial charge in [0.05, 0.1) is 12.2 Å². The van der Waals surface area contributed by atoms with E-state index in [0.29, 0.717) is 6.07 Å². The monoisotopic (exact) mass is 257 g/mol. The fraction of sp³-hybridized carbons (Fsp3) is 0.462. The second-order valence-electron chi connectivity index (χ2n) is 4.40. The molecule has 3 nitrogen and oxygen atoms in total. The predicted octanol–water partition coefficient (Wildman–Crippen LogP) is 2.12. The number of carbonyl (C=O) groups excluding carboxylic acids is 1. The number of nitrogens with zero attached hydrogens (tertiary/aromatic N) is 1. The van der Waals surface area contributed by atoms with E-state index in [1.807, 2.05) is 0 Å². The number of hydrogen-bond donors (Lipinski definition) is 1. The number of rotatable bonds is 4. The highest BCUT2D eigenvalue weighted by molar-refractivity contribution is 5.94. The smallest absolute Gasteiger partial charge is 0.257 e. The number of carbonyl (C=O) groups is 1. The minimum atomic E-state index is -0.883. The van der Waals surface area contributed by atoms with Crippen molar-refractivity contribution in [3.8, 4) is 0 Å². The lowest BCUT2D eigenvalue weighted by Crippen LogP contribution is -2.39. The zero-order chi connectivity index (χ0) is 13.9. The molecule has 0 spiro atoms. The van der Waals surface area contributed by atoms with Crippen LogP contribution in [0.1, 0.15) is 29.8 Å². The topological polar surface area (TPSA) is 40.5 Å². The van der Waals surface area contributed by atoms with Crippen LogP contribution in [-0.2, 0) is 0 Å². The predicted molar refractivity (Wildman–Crippen MR) is 64.4 cm³/mol. The zero-order valence-electron chi connectivity index (χ0n) is 10.7. The SMILES string of the molecule is Cc1cc(C(=O)N(CCO)C(C)C)c(F)cc1F. The molecule has 1 aromatic carbocycles. The summed E-state index contributed by atoms with van der Waals surface area (Å²) in [4.78, 5) is 13.5. The minimum absolute atomic E-state index is 0.117. The number of aliphatic hydroxyl groups excluding tert-OH is 1. The summed E-state index contributed by atoms with van der Waals surface area (Å²) in [6, 6.07) is 1.73. The van der Waals surface area contributed by atoms with Gasteiger partial charge in [0, 0.05) is 18.7 Å². The second-order valence-corrected chi connectivity index (χ2v) is 4.40. The maximum absolute atomic E-state index is 13.6. The average Bonchev–Trinajstić information content (AvgIpc) is 2.29. The first-order valence-electron chi connectivity index (χ1n) is 5.76. The van der Waals surface area contributed by atoms with Crippen LogP contribution in [0, 0.1) is 18.6 Å². The lowest BCUT2D eigenvalue weighted by Gasteiger charge is -2.26. The molecular formula is C13H17F2NO2.